The van der Waals surface area contributed by atoms with Gasteiger partial charge in [0, 0.05) is 37.7 Å². The van der Waals surface area contributed by atoms with Crippen LogP contribution in [0.4, 0.5) is 0 Å². The topological polar surface area (TPSA) is 46.6 Å². The Bertz CT molecular complexity index is 1220. The summed E-state index contributed by atoms with van der Waals surface area (Å²) >= 11 is 0. The van der Waals surface area contributed by atoms with Crippen LogP contribution in [0.3, 0.4) is 0 Å². The van der Waals surface area contributed by atoms with Gasteiger partial charge in [0.2, 0.25) is 5.91 Å². The van der Waals surface area contributed by atoms with Gasteiger partial charge in [-0.15, -0.1) is 5.70 Å². The molecule has 1 amide bonds. The van der Waals surface area contributed by atoms with Crippen molar-refractivity contribution in [1.29, 1.82) is 0 Å². The second-order valence-corrected chi connectivity index (χ2v) is 10.8. The maximum Gasteiger partial charge on any atom is 0.310 e. The van der Waals surface area contributed by atoms with Gasteiger partial charge in [0.1, 0.15) is 6.61 Å². The third kappa shape index (κ3) is 10.1. The third-order valence-electron chi connectivity index (χ3n) is 7.11. The molecule has 0 spiro atoms. The fourth-order valence-electron chi connectivity index (χ4n) is 4.76. The Morgan fingerprint density at radius 1 is 1.08 bits per heavy atom. The summed E-state index contributed by atoms with van der Waals surface area (Å²) in [5, 5.41) is 0. The summed E-state index contributed by atoms with van der Waals surface area (Å²) in [5.41, 5.74) is 7.68. The van der Waals surface area contributed by atoms with E-state index in [4.69, 9.17) is 11.3 Å². The van der Waals surface area contributed by atoms with Crippen molar-refractivity contribution in [3.8, 4) is 0 Å². The molecule has 0 fully saturated rings. The summed E-state index contributed by atoms with van der Waals surface area (Å²) in [4.78, 5) is 25.6. The van der Waals surface area contributed by atoms with Crippen molar-refractivity contribution in [1.82, 2.24) is 4.90 Å². The Morgan fingerprint density at radius 3 is 2.41 bits per heavy atom. The quantitative estimate of drug-likeness (QED) is 0.141. The van der Waals surface area contributed by atoms with Gasteiger partial charge in [0.05, 0.1) is 6.42 Å². The van der Waals surface area contributed by atoms with Crippen LogP contribution >= 0.6 is 0 Å². The van der Waals surface area contributed by atoms with E-state index in [1.807, 2.05) is 49.4 Å². The molecule has 5 heteroatoms. The molecule has 4 nitrogen and oxygen atoms in total. The van der Waals surface area contributed by atoms with Crippen molar-refractivity contribution in [2.24, 2.45) is 5.41 Å². The molecule has 0 unspecified atom stereocenters. The molecule has 204 valence electrons. The minimum absolute atomic E-state index is 0. The van der Waals surface area contributed by atoms with Crippen molar-refractivity contribution in [2.75, 3.05) is 6.61 Å². The molecule has 1 aliphatic heterocycles. The summed E-state index contributed by atoms with van der Waals surface area (Å²) < 4.78 is 5.38. The van der Waals surface area contributed by atoms with E-state index in [0.29, 0.717) is 12.2 Å². The van der Waals surface area contributed by atoms with Gasteiger partial charge in [0.25, 0.3) is 0 Å². The number of ether oxygens (including phenoxy) is 1. The first-order valence-corrected chi connectivity index (χ1v) is 13.3. The fourth-order valence-corrected chi connectivity index (χ4v) is 4.76. The smallest absolute Gasteiger partial charge is 0.310 e. The van der Waals surface area contributed by atoms with Gasteiger partial charge in [-0.2, -0.15) is 6.08 Å². The predicted octanol–water partition coefficient (Wildman–Crippen LogP) is 7.52. The maximum absolute atomic E-state index is 12.2. The monoisotopic (exact) mass is 748 g/mol. The first-order valence-electron chi connectivity index (χ1n) is 13.3. The van der Waals surface area contributed by atoms with Crippen LogP contribution in [0, 0.1) is 43.1 Å². The van der Waals surface area contributed by atoms with Crippen molar-refractivity contribution in [3.05, 3.63) is 119 Å². The SMILES string of the molecule is [CH-]=C1C=CC(=O)N1Cc1ccc(CC(=O)OC/C=C(C)/C=C/C=C(C)/C=C/C2=C(C)CCCC2(C)C)cc1.[U]. The molecule has 0 N–H and O–H groups in total. The van der Waals surface area contributed by atoms with Crippen LogP contribution in [0.15, 0.2) is 101 Å². The number of benzene rings is 1. The van der Waals surface area contributed by atoms with Crippen molar-refractivity contribution >= 4 is 11.9 Å². The van der Waals surface area contributed by atoms with Crippen molar-refractivity contribution in [3.63, 3.8) is 0 Å². The van der Waals surface area contributed by atoms with Crippen LogP contribution in [0.25, 0.3) is 0 Å². The van der Waals surface area contributed by atoms with Gasteiger partial charge in [-0.1, -0.05) is 91.3 Å². The predicted molar refractivity (Wildman–Crippen MR) is 155 cm³/mol. The molecule has 0 saturated carbocycles. The number of carbonyl (C=O) groups is 2. The molecule has 0 atom stereocenters. The molecule has 3 rings (SSSR count). The zero-order chi connectivity index (χ0) is 27.7. The zero-order valence-corrected chi connectivity index (χ0v) is 28.1. The van der Waals surface area contributed by atoms with Crippen LogP contribution in [0.2, 0.25) is 0 Å². The van der Waals surface area contributed by atoms with Crippen LogP contribution in [-0.4, -0.2) is 23.4 Å². The van der Waals surface area contributed by atoms with Gasteiger partial charge in [-0.05, 0) is 68.2 Å². The largest absolute Gasteiger partial charge is 0.461 e. The van der Waals surface area contributed by atoms with E-state index in [2.05, 4.69) is 45.9 Å². The van der Waals surface area contributed by atoms with Gasteiger partial charge < -0.3 is 9.64 Å². The number of allylic oxidation sites excluding steroid dienone is 10. The third-order valence-corrected chi connectivity index (χ3v) is 7.11. The summed E-state index contributed by atoms with van der Waals surface area (Å²) in [5.74, 6) is -0.401. The molecule has 39 heavy (non-hydrogen) atoms. The summed E-state index contributed by atoms with van der Waals surface area (Å²) in [6.07, 6.45) is 19.5. The van der Waals surface area contributed by atoms with Crippen LogP contribution in [-0.2, 0) is 27.3 Å². The van der Waals surface area contributed by atoms with Gasteiger partial charge >= 0.3 is 5.97 Å². The number of amides is 1. The first kappa shape index (κ1) is 32.6. The number of esters is 1. The van der Waals surface area contributed by atoms with E-state index in [0.717, 1.165) is 16.7 Å². The Kier molecular flexibility index (Phi) is 12.7. The molecule has 0 radical (unpaired) electrons. The number of hydrogen-bond acceptors (Lipinski definition) is 3. The molecule has 1 heterocycles. The van der Waals surface area contributed by atoms with E-state index in [-0.39, 0.29) is 61.4 Å². The Morgan fingerprint density at radius 2 is 1.77 bits per heavy atom. The van der Waals surface area contributed by atoms with Crippen molar-refractivity contribution in [2.45, 2.75) is 66.8 Å². The van der Waals surface area contributed by atoms with E-state index in [1.54, 1.807) is 6.08 Å². The standard InChI is InChI=1S/C34H40NO3.U/c1-25(12-18-31-27(3)11-8-21-34(31,5)6)9-7-10-26(2)20-22-38-33(37)23-29-14-16-30(17-15-29)24-35-28(4)13-19-32(35)36;/h4,7,9-10,12-20H,8,11,21-24H2,1-3,5-6H3;/q-1;/b10-7+,18-12+,25-9+,26-20+;. The van der Waals surface area contributed by atoms with Crippen molar-refractivity contribution < 1.29 is 45.4 Å². The Hall–Kier alpha value is -2.61. The average Bonchev–Trinajstić information content (AvgIpc) is 3.16. The Balaban J connectivity index is 0.00000533. The molecule has 0 bridgehead atoms. The minimum atomic E-state index is -0.279. The molecule has 1 aromatic rings. The number of carbonyl (C=O) groups excluding carboxylic acids is 2. The van der Waals surface area contributed by atoms with E-state index in [9.17, 15) is 9.59 Å². The minimum Gasteiger partial charge on any atom is -0.461 e. The zero-order valence-electron chi connectivity index (χ0n) is 23.9. The molecular formula is C34H40NO3U-. The normalized spacial score (nSPS) is 17.9. The Labute approximate surface area is 258 Å². The summed E-state index contributed by atoms with van der Waals surface area (Å²) in [6, 6.07) is 7.55. The molecule has 2 aliphatic rings. The average molecular weight is 749 g/mol. The van der Waals surface area contributed by atoms with E-state index in [1.165, 1.54) is 47.0 Å². The molecule has 0 aromatic heterocycles. The fraction of sp³-hybridized carbons (Fsp3) is 0.353. The number of hydrogen-bond donors (Lipinski definition) is 0. The second-order valence-electron chi connectivity index (χ2n) is 10.8. The van der Waals surface area contributed by atoms with E-state index < -0.39 is 0 Å². The maximum atomic E-state index is 12.2. The van der Waals surface area contributed by atoms with Crippen LogP contribution < -0.4 is 0 Å². The van der Waals surface area contributed by atoms with Crippen LogP contribution in [0.5, 0.6) is 0 Å². The molecule has 1 aromatic carbocycles. The van der Waals surface area contributed by atoms with Gasteiger partial charge in [-0.3, -0.25) is 16.2 Å². The molecule has 0 saturated heterocycles. The number of nitrogens with zero attached hydrogens (tertiary/aromatic N) is 1. The summed E-state index contributed by atoms with van der Waals surface area (Å²) in [7, 11) is 0. The van der Waals surface area contributed by atoms with Crippen LogP contribution in [0.1, 0.15) is 65.0 Å². The first-order chi connectivity index (χ1) is 18.0. The van der Waals surface area contributed by atoms with E-state index >= 15 is 0 Å². The summed E-state index contributed by atoms with van der Waals surface area (Å²) in [6.45, 7) is 17.5. The molecular weight excluding hydrogens is 708 g/mol. The molecule has 1 aliphatic carbocycles. The van der Waals surface area contributed by atoms with Gasteiger partial charge in [0.15, 0.2) is 0 Å². The second kappa shape index (κ2) is 15.3. The van der Waals surface area contributed by atoms with Gasteiger partial charge in [-0.25, -0.2) is 0 Å². The number of rotatable bonds is 10.